The van der Waals surface area contributed by atoms with Crippen LogP contribution < -0.4 is 10.1 Å². The van der Waals surface area contributed by atoms with Gasteiger partial charge in [-0.3, -0.25) is 4.79 Å². The predicted molar refractivity (Wildman–Crippen MR) is 172 cm³/mol. The van der Waals surface area contributed by atoms with Crippen molar-refractivity contribution < 1.29 is 27.4 Å². The highest BCUT2D eigenvalue weighted by atomic mass is 35.5. The first-order valence-corrected chi connectivity index (χ1v) is 15.9. The summed E-state index contributed by atoms with van der Waals surface area (Å²) in [5.74, 6) is 0.00702. The van der Waals surface area contributed by atoms with Crippen molar-refractivity contribution in [1.29, 1.82) is 0 Å². The number of amides is 1. The zero-order chi connectivity index (χ0) is 32.0. The minimum Gasteiger partial charge on any atom is -0.505 e. The van der Waals surface area contributed by atoms with Gasteiger partial charge in [0.2, 0.25) is 10.0 Å². The Bertz CT molecular complexity index is 1890. The monoisotopic (exact) mass is 664 g/mol. The highest BCUT2D eigenvalue weighted by Crippen LogP contribution is 2.36. The average Bonchev–Trinajstić information content (AvgIpc) is 3.03. The molecule has 0 aliphatic heterocycles. The number of ether oxygens (including phenoxy) is 1. The van der Waals surface area contributed by atoms with E-state index in [4.69, 9.17) is 27.9 Å². The second-order valence-corrected chi connectivity index (χ2v) is 12.8. The van der Waals surface area contributed by atoms with Crippen LogP contribution in [0.3, 0.4) is 0 Å². The number of sulfonamides is 1. The average molecular weight is 666 g/mol. The summed E-state index contributed by atoms with van der Waals surface area (Å²) in [7, 11) is -4.34. The summed E-state index contributed by atoms with van der Waals surface area (Å²) in [6, 6.07) is 31.0. The van der Waals surface area contributed by atoms with Gasteiger partial charge in [0.05, 0.1) is 5.02 Å². The summed E-state index contributed by atoms with van der Waals surface area (Å²) in [5, 5.41) is 13.2. The number of hydrogen-bond acceptors (Lipinski definition) is 5. The summed E-state index contributed by atoms with van der Waals surface area (Å²) < 4.78 is 47.9. The molecule has 0 aliphatic carbocycles. The number of rotatable bonds is 11. The van der Waals surface area contributed by atoms with Gasteiger partial charge in [-0.05, 0) is 77.4 Å². The number of carbonyl (C=O) groups excluding carboxylic acids is 1. The Kier molecular flexibility index (Phi) is 10.0. The Labute approximate surface area is 270 Å². The van der Waals surface area contributed by atoms with E-state index in [0.29, 0.717) is 29.0 Å². The smallest absolute Gasteiger partial charge is 0.251 e. The molecule has 0 saturated heterocycles. The van der Waals surface area contributed by atoms with Crippen LogP contribution in [0.4, 0.5) is 4.39 Å². The maximum Gasteiger partial charge on any atom is 0.251 e. The topological polar surface area (TPSA) is 95.9 Å². The number of phenols is 1. The molecule has 230 valence electrons. The van der Waals surface area contributed by atoms with E-state index in [1.54, 1.807) is 24.3 Å². The molecule has 0 aliphatic rings. The SMILES string of the molecule is O=C(NCc1ccc(Oc2ccccc2)cc1)c1ccc(CN(Cc2ccc(F)cc2)S(=O)(=O)c2cc(Cl)cc(Cl)c2O)cc1. The van der Waals surface area contributed by atoms with Crippen LogP contribution in [0, 0.1) is 5.82 Å². The maximum absolute atomic E-state index is 13.7. The van der Waals surface area contributed by atoms with Crippen molar-refractivity contribution in [2.45, 2.75) is 24.5 Å². The van der Waals surface area contributed by atoms with E-state index in [1.165, 1.54) is 30.3 Å². The molecule has 11 heteroatoms. The summed E-state index contributed by atoms with van der Waals surface area (Å²) in [5.41, 5.74) is 2.35. The molecule has 0 heterocycles. The van der Waals surface area contributed by atoms with Crippen molar-refractivity contribution in [2.75, 3.05) is 0 Å². The fourth-order valence-corrected chi connectivity index (χ4v) is 6.61. The number of phenolic OH excluding ortho intramolecular Hbond substituents is 1. The lowest BCUT2D eigenvalue weighted by atomic mass is 10.1. The Balaban J connectivity index is 1.27. The fraction of sp³-hybridized carbons (Fsp3) is 0.0882. The number of para-hydroxylation sites is 1. The van der Waals surface area contributed by atoms with Crippen molar-refractivity contribution in [2.24, 2.45) is 0 Å². The van der Waals surface area contributed by atoms with E-state index in [0.717, 1.165) is 21.7 Å². The van der Waals surface area contributed by atoms with Gasteiger partial charge < -0.3 is 15.2 Å². The standard InChI is InChI=1S/C34H27Cl2FN2O5S/c35-27-18-31(36)33(40)32(19-27)45(42,43)39(22-25-8-14-28(37)15-9-25)21-24-6-12-26(13-7-24)34(41)38-20-23-10-16-30(17-11-23)44-29-4-2-1-3-5-29/h1-19,40H,20-22H2,(H,38,41). The van der Waals surface area contributed by atoms with Gasteiger partial charge in [-0.2, -0.15) is 4.31 Å². The molecule has 1 amide bonds. The van der Waals surface area contributed by atoms with Gasteiger partial charge in [-0.25, -0.2) is 12.8 Å². The number of nitrogens with one attached hydrogen (secondary N) is 1. The normalized spacial score (nSPS) is 11.4. The van der Waals surface area contributed by atoms with Crippen LogP contribution in [-0.2, 0) is 29.7 Å². The third-order valence-corrected chi connectivity index (χ3v) is 9.12. The molecule has 0 unspecified atom stereocenters. The third kappa shape index (κ3) is 8.20. The number of aromatic hydroxyl groups is 1. The van der Waals surface area contributed by atoms with Gasteiger partial charge in [0, 0.05) is 30.2 Å². The molecule has 7 nitrogen and oxygen atoms in total. The highest BCUT2D eigenvalue weighted by molar-refractivity contribution is 7.89. The largest absolute Gasteiger partial charge is 0.505 e. The molecule has 0 fully saturated rings. The van der Waals surface area contributed by atoms with E-state index >= 15 is 0 Å². The van der Waals surface area contributed by atoms with Gasteiger partial charge >= 0.3 is 0 Å². The van der Waals surface area contributed by atoms with Crippen molar-refractivity contribution in [3.05, 3.63) is 153 Å². The van der Waals surface area contributed by atoms with E-state index < -0.39 is 26.5 Å². The van der Waals surface area contributed by atoms with Crippen LogP contribution in [0.2, 0.25) is 10.0 Å². The molecule has 0 saturated carbocycles. The molecule has 5 aromatic carbocycles. The van der Waals surface area contributed by atoms with Crippen molar-refractivity contribution in [3.63, 3.8) is 0 Å². The van der Waals surface area contributed by atoms with Gasteiger partial charge in [-0.15, -0.1) is 0 Å². The van der Waals surface area contributed by atoms with Gasteiger partial charge in [0.25, 0.3) is 5.91 Å². The zero-order valence-electron chi connectivity index (χ0n) is 23.7. The maximum atomic E-state index is 13.7. The van der Waals surface area contributed by atoms with Crippen LogP contribution in [0.5, 0.6) is 17.2 Å². The number of benzene rings is 5. The number of halogens is 3. The van der Waals surface area contributed by atoms with E-state index in [2.05, 4.69) is 5.32 Å². The minimum absolute atomic E-state index is 0.0323. The van der Waals surface area contributed by atoms with Crippen molar-refractivity contribution >= 4 is 39.1 Å². The number of carbonyl (C=O) groups is 1. The van der Waals surface area contributed by atoms with E-state index in [9.17, 15) is 22.7 Å². The van der Waals surface area contributed by atoms with Gasteiger partial charge in [-0.1, -0.05) is 77.8 Å². The number of hydrogen-bond donors (Lipinski definition) is 2. The molecule has 0 aromatic heterocycles. The second-order valence-electron chi connectivity index (χ2n) is 10.1. The summed E-state index contributed by atoms with van der Waals surface area (Å²) in [6.45, 7) is 0.0355. The fourth-order valence-electron chi connectivity index (χ4n) is 4.45. The summed E-state index contributed by atoms with van der Waals surface area (Å²) in [6.07, 6.45) is 0. The molecule has 0 spiro atoms. The summed E-state index contributed by atoms with van der Waals surface area (Å²) in [4.78, 5) is 12.4. The highest BCUT2D eigenvalue weighted by Gasteiger charge is 2.29. The van der Waals surface area contributed by atoms with Gasteiger partial charge in [0.15, 0.2) is 5.75 Å². The Morgan fingerprint density at radius 2 is 1.33 bits per heavy atom. The van der Waals surface area contributed by atoms with E-state index in [1.807, 2.05) is 54.6 Å². The van der Waals surface area contributed by atoms with Crippen LogP contribution in [0.1, 0.15) is 27.0 Å². The Morgan fingerprint density at radius 1 is 0.778 bits per heavy atom. The first kappa shape index (κ1) is 32.0. The Hall–Kier alpha value is -4.41. The van der Waals surface area contributed by atoms with Crippen LogP contribution in [0.15, 0.2) is 120 Å². The lowest BCUT2D eigenvalue weighted by Crippen LogP contribution is -2.30. The van der Waals surface area contributed by atoms with Crippen LogP contribution in [0.25, 0.3) is 0 Å². The van der Waals surface area contributed by atoms with E-state index in [-0.39, 0.29) is 29.0 Å². The molecule has 0 bridgehead atoms. The quantitative estimate of drug-likeness (QED) is 0.149. The molecule has 0 radical (unpaired) electrons. The second kappa shape index (κ2) is 14.1. The lowest BCUT2D eigenvalue weighted by molar-refractivity contribution is 0.0951. The van der Waals surface area contributed by atoms with Crippen molar-refractivity contribution in [1.82, 2.24) is 9.62 Å². The first-order chi connectivity index (χ1) is 21.6. The lowest BCUT2D eigenvalue weighted by Gasteiger charge is -2.23. The molecule has 45 heavy (non-hydrogen) atoms. The zero-order valence-corrected chi connectivity index (χ0v) is 26.0. The van der Waals surface area contributed by atoms with Crippen LogP contribution >= 0.6 is 23.2 Å². The Morgan fingerprint density at radius 3 is 1.96 bits per heavy atom. The van der Waals surface area contributed by atoms with Gasteiger partial charge in [0.1, 0.15) is 22.2 Å². The number of nitrogens with zero attached hydrogens (tertiary/aromatic N) is 1. The summed E-state index contributed by atoms with van der Waals surface area (Å²) >= 11 is 12.1. The molecular formula is C34H27Cl2FN2O5S. The first-order valence-electron chi connectivity index (χ1n) is 13.7. The molecule has 0 atom stereocenters. The third-order valence-electron chi connectivity index (χ3n) is 6.81. The molecule has 5 aromatic rings. The minimum atomic E-state index is -4.34. The molecule has 5 rings (SSSR count). The van der Waals surface area contributed by atoms with Crippen molar-refractivity contribution in [3.8, 4) is 17.2 Å². The predicted octanol–water partition coefficient (Wildman–Crippen LogP) is 7.95. The van der Waals surface area contributed by atoms with Crippen LogP contribution in [-0.4, -0.2) is 23.7 Å². The molecular weight excluding hydrogens is 638 g/mol. The molecule has 2 N–H and O–H groups in total.